The van der Waals surface area contributed by atoms with Crippen molar-refractivity contribution >= 4 is 34.9 Å². The van der Waals surface area contributed by atoms with E-state index >= 15 is 0 Å². The highest BCUT2D eigenvalue weighted by Crippen LogP contribution is 2.43. The monoisotopic (exact) mass is 560 g/mol. The van der Waals surface area contributed by atoms with Gasteiger partial charge in [0, 0.05) is 24.5 Å². The minimum absolute atomic E-state index is 0.0780. The van der Waals surface area contributed by atoms with Crippen molar-refractivity contribution in [3.8, 4) is 5.75 Å². The molecule has 0 unspecified atom stereocenters. The maximum absolute atomic E-state index is 14.3. The van der Waals surface area contributed by atoms with Crippen LogP contribution in [0.15, 0.2) is 72.8 Å². The molecule has 0 saturated heterocycles. The molecule has 0 spiro atoms. The van der Waals surface area contributed by atoms with Crippen LogP contribution in [-0.4, -0.2) is 51.0 Å². The summed E-state index contributed by atoms with van der Waals surface area (Å²) in [6.45, 7) is 6.48. The second kappa shape index (κ2) is 13.3. The van der Waals surface area contributed by atoms with E-state index in [4.69, 9.17) is 14.2 Å². The van der Waals surface area contributed by atoms with Gasteiger partial charge in [0.2, 0.25) is 5.91 Å². The number of methoxy groups -OCH3 is 1. The van der Waals surface area contributed by atoms with Crippen LogP contribution in [0.4, 0.5) is 21.9 Å². The van der Waals surface area contributed by atoms with Crippen LogP contribution in [0.2, 0.25) is 0 Å². The van der Waals surface area contributed by atoms with Gasteiger partial charge in [-0.25, -0.2) is 4.79 Å². The van der Waals surface area contributed by atoms with Crippen LogP contribution in [0, 0.1) is 6.92 Å². The summed E-state index contributed by atoms with van der Waals surface area (Å²) in [5.74, 6) is -0.491. The van der Waals surface area contributed by atoms with E-state index in [2.05, 4.69) is 16.0 Å². The summed E-state index contributed by atoms with van der Waals surface area (Å²) >= 11 is 0. The Balaban J connectivity index is 1.70. The molecule has 41 heavy (non-hydrogen) atoms. The van der Waals surface area contributed by atoms with Gasteiger partial charge in [0.05, 0.1) is 31.5 Å². The number of nitrogens with one attached hydrogen (secondary N) is 3. The first-order valence-electron chi connectivity index (χ1n) is 13.5. The molecule has 4 rings (SSSR count). The molecular weight excluding hydrogens is 524 g/mol. The second-order valence-electron chi connectivity index (χ2n) is 9.55. The molecule has 0 aliphatic carbocycles. The number of carbonyl (C=O) groups excluding carboxylic acids is 3. The third-order valence-electron chi connectivity index (χ3n) is 6.74. The number of anilines is 3. The third kappa shape index (κ3) is 6.67. The fraction of sp³-hybridized carbons (Fsp3) is 0.323. The molecule has 10 nitrogen and oxygen atoms in total. The number of carbonyl (C=O) groups is 3. The zero-order valence-electron chi connectivity index (χ0n) is 23.7. The van der Waals surface area contributed by atoms with Gasteiger partial charge in [0.15, 0.2) is 11.8 Å². The number of aryl methyl sites for hydroxylation is 1. The summed E-state index contributed by atoms with van der Waals surface area (Å²) in [7, 11) is 1.51. The van der Waals surface area contributed by atoms with Crippen molar-refractivity contribution < 1.29 is 28.6 Å². The Hall–Kier alpha value is -4.41. The van der Waals surface area contributed by atoms with Gasteiger partial charge in [-0.1, -0.05) is 48.0 Å². The minimum atomic E-state index is -1.71. The lowest BCUT2D eigenvalue weighted by Gasteiger charge is -2.30. The van der Waals surface area contributed by atoms with Crippen molar-refractivity contribution in [2.24, 2.45) is 0 Å². The van der Waals surface area contributed by atoms with Crippen molar-refractivity contribution in [2.45, 2.75) is 39.0 Å². The molecule has 3 aromatic rings. The summed E-state index contributed by atoms with van der Waals surface area (Å²) in [6, 6.07) is 20.7. The largest absolute Gasteiger partial charge is 0.495 e. The van der Waals surface area contributed by atoms with Gasteiger partial charge in [-0.2, -0.15) is 0 Å². The molecule has 0 saturated carbocycles. The summed E-state index contributed by atoms with van der Waals surface area (Å²) < 4.78 is 16.8. The van der Waals surface area contributed by atoms with Gasteiger partial charge in [-0.3, -0.25) is 9.59 Å². The lowest BCUT2D eigenvalue weighted by molar-refractivity contribution is -0.138. The van der Waals surface area contributed by atoms with Gasteiger partial charge in [-0.15, -0.1) is 0 Å². The van der Waals surface area contributed by atoms with E-state index in [0.717, 1.165) is 5.56 Å². The summed E-state index contributed by atoms with van der Waals surface area (Å²) in [4.78, 5) is 42.8. The predicted molar refractivity (Wildman–Crippen MR) is 157 cm³/mol. The standard InChI is InChI=1S/C31H36N4O6/c1-5-40-28(41-6-2)20-35-25-13-9-7-11-23(25)31(29(35)37,34-30(38)32-22-17-15-21(3)16-18-22)19-27(36)33-24-12-8-10-14-26(24)39-4/h7-18,28H,5-6,19-20H2,1-4H3,(H,33,36)(H2,32,34,38)/t31-/m0/s1. The maximum Gasteiger partial charge on any atom is 0.320 e. The first-order valence-corrected chi connectivity index (χ1v) is 13.5. The Morgan fingerprint density at radius 1 is 0.902 bits per heavy atom. The zero-order chi connectivity index (χ0) is 29.4. The number of urea groups is 1. The third-order valence-corrected chi connectivity index (χ3v) is 6.74. The Bertz CT molecular complexity index is 1370. The lowest BCUT2D eigenvalue weighted by atomic mass is 9.87. The molecule has 1 aliphatic heterocycles. The molecule has 0 fully saturated rings. The molecule has 3 N–H and O–H groups in total. The summed E-state index contributed by atoms with van der Waals surface area (Å²) in [6.07, 6.45) is -1.06. The topological polar surface area (TPSA) is 118 Å². The van der Waals surface area contributed by atoms with Crippen molar-refractivity contribution in [1.82, 2.24) is 5.32 Å². The SMILES string of the molecule is CCOC(CN1C(=O)[C@@](CC(=O)Nc2ccccc2OC)(NC(=O)Nc2ccc(C)cc2)c2ccccc21)OCC. The zero-order valence-corrected chi connectivity index (χ0v) is 23.7. The second-order valence-corrected chi connectivity index (χ2v) is 9.55. The van der Waals surface area contributed by atoms with E-state index in [1.54, 1.807) is 60.7 Å². The van der Waals surface area contributed by atoms with E-state index in [0.29, 0.717) is 41.6 Å². The number of benzene rings is 3. The van der Waals surface area contributed by atoms with Gasteiger partial charge in [0.1, 0.15) is 5.75 Å². The van der Waals surface area contributed by atoms with E-state index in [1.165, 1.54) is 12.0 Å². The average Bonchev–Trinajstić information content (AvgIpc) is 3.17. The van der Waals surface area contributed by atoms with E-state index in [1.807, 2.05) is 32.9 Å². The Morgan fingerprint density at radius 2 is 1.56 bits per heavy atom. The maximum atomic E-state index is 14.3. The number of ether oxygens (including phenoxy) is 3. The average molecular weight is 561 g/mol. The van der Waals surface area contributed by atoms with Crippen molar-refractivity contribution in [3.63, 3.8) is 0 Å². The Kier molecular flexibility index (Phi) is 9.59. The van der Waals surface area contributed by atoms with Gasteiger partial charge >= 0.3 is 6.03 Å². The first-order chi connectivity index (χ1) is 19.8. The highest BCUT2D eigenvalue weighted by Gasteiger charge is 2.53. The first kappa shape index (κ1) is 29.6. The molecule has 3 aromatic carbocycles. The Labute approximate surface area is 240 Å². The van der Waals surface area contributed by atoms with E-state index in [-0.39, 0.29) is 13.0 Å². The smallest absolute Gasteiger partial charge is 0.320 e. The highest BCUT2D eigenvalue weighted by atomic mass is 16.7. The molecule has 0 bridgehead atoms. The van der Waals surface area contributed by atoms with Crippen LogP contribution in [-0.2, 0) is 24.6 Å². The molecule has 1 atom stereocenters. The number of hydrogen-bond acceptors (Lipinski definition) is 6. The van der Waals surface area contributed by atoms with Crippen LogP contribution in [0.1, 0.15) is 31.4 Å². The van der Waals surface area contributed by atoms with Crippen LogP contribution in [0.5, 0.6) is 5.75 Å². The lowest BCUT2D eigenvalue weighted by Crippen LogP contribution is -2.56. The minimum Gasteiger partial charge on any atom is -0.495 e. The molecular formula is C31H36N4O6. The highest BCUT2D eigenvalue weighted by molar-refractivity contribution is 6.13. The normalized spacial score (nSPS) is 15.9. The van der Waals surface area contributed by atoms with Gasteiger partial charge in [0.25, 0.3) is 5.91 Å². The quantitative estimate of drug-likeness (QED) is 0.274. The molecule has 1 heterocycles. The van der Waals surface area contributed by atoms with Crippen molar-refractivity contribution in [1.29, 1.82) is 0 Å². The van der Waals surface area contributed by atoms with Crippen LogP contribution in [0.25, 0.3) is 0 Å². The number of hydrogen-bond donors (Lipinski definition) is 3. The van der Waals surface area contributed by atoms with E-state index < -0.39 is 29.7 Å². The van der Waals surface area contributed by atoms with Gasteiger partial charge < -0.3 is 35.1 Å². The number of nitrogens with zero attached hydrogens (tertiary/aromatic N) is 1. The molecule has 0 aromatic heterocycles. The van der Waals surface area contributed by atoms with Crippen molar-refractivity contribution in [3.05, 3.63) is 83.9 Å². The molecule has 1 aliphatic rings. The fourth-order valence-corrected chi connectivity index (χ4v) is 4.89. The molecule has 0 radical (unpaired) electrons. The molecule has 216 valence electrons. The summed E-state index contributed by atoms with van der Waals surface area (Å²) in [5.41, 5.74) is 1.37. The van der Waals surface area contributed by atoms with Crippen LogP contribution >= 0.6 is 0 Å². The van der Waals surface area contributed by atoms with Gasteiger partial charge in [-0.05, 0) is 51.1 Å². The van der Waals surface area contributed by atoms with E-state index in [9.17, 15) is 14.4 Å². The molecule has 10 heteroatoms. The number of para-hydroxylation sites is 3. The Morgan fingerprint density at radius 3 is 2.24 bits per heavy atom. The number of fused-ring (bicyclic) bond motifs is 1. The predicted octanol–water partition coefficient (Wildman–Crippen LogP) is 4.80. The fourth-order valence-electron chi connectivity index (χ4n) is 4.89. The summed E-state index contributed by atoms with van der Waals surface area (Å²) in [5, 5.41) is 8.48. The van der Waals surface area contributed by atoms with Crippen LogP contribution < -0.4 is 25.6 Å². The molecule has 4 amide bonds. The van der Waals surface area contributed by atoms with Crippen molar-refractivity contribution in [2.75, 3.05) is 42.4 Å². The number of rotatable bonds is 12. The van der Waals surface area contributed by atoms with Crippen LogP contribution in [0.3, 0.4) is 0 Å². The number of amides is 4.